The molecule has 5 heterocycles. The summed E-state index contributed by atoms with van der Waals surface area (Å²) in [5.74, 6) is -1.06. The van der Waals surface area contributed by atoms with Gasteiger partial charge in [-0.3, -0.25) is 9.20 Å². The van der Waals surface area contributed by atoms with Crippen LogP contribution in [0.3, 0.4) is 0 Å². The van der Waals surface area contributed by atoms with Gasteiger partial charge >= 0.3 is 0 Å². The number of nitrogens with one attached hydrogen (secondary N) is 2. The molecule has 0 unspecified atom stereocenters. The predicted octanol–water partition coefficient (Wildman–Crippen LogP) is 8.04. The molecule has 2 fully saturated rings. The highest BCUT2D eigenvalue weighted by molar-refractivity contribution is 6.05. The molecule has 310 valence electrons. The standard InChI is InChI=1S/C46H48F2N8O4/c1-46(2,3)56(33-17-23-54(24-18-33)45(58)59)25-19-29(20-26-56)30-14-15-36(38(28-30)60-4)50-44-49-21-16-37(51-44)42-40(52-39-13-5-6-22-55(39)42)31-9-7-10-32(27-31)43(57)53-41-34(47)11-8-12-35(41)48/h5-16,21-22,27-29,33H,17-20,23-26H2,1-4H3,(H2-,49,50,51,53,57,58,59). The number of methoxy groups -OCH3 is 1. The quantitative estimate of drug-likeness (QED) is 0.140. The lowest BCUT2D eigenvalue weighted by atomic mass is 9.81. The largest absolute Gasteiger partial charge is 0.530 e. The number of piperidine rings is 2. The van der Waals surface area contributed by atoms with E-state index in [9.17, 15) is 23.5 Å². The minimum absolute atomic E-state index is 0.0238. The van der Waals surface area contributed by atoms with Crippen LogP contribution in [0.15, 0.2) is 97.3 Å². The first kappa shape index (κ1) is 40.4. The molecule has 2 saturated heterocycles. The molecule has 0 radical (unpaired) electrons. The fourth-order valence-corrected chi connectivity index (χ4v) is 9.28. The van der Waals surface area contributed by atoms with Gasteiger partial charge in [0.1, 0.15) is 34.8 Å². The summed E-state index contributed by atoms with van der Waals surface area (Å²) in [6.45, 7) is 10.0. The first-order valence-electron chi connectivity index (χ1n) is 20.3. The third-order valence-corrected chi connectivity index (χ3v) is 12.5. The Balaban J connectivity index is 1.03. The Bertz CT molecular complexity index is 2540. The maximum absolute atomic E-state index is 14.4. The molecule has 60 heavy (non-hydrogen) atoms. The summed E-state index contributed by atoms with van der Waals surface area (Å²) < 4.78 is 37.5. The number of fused-ring (bicyclic) bond motifs is 1. The Hall–Kier alpha value is -6.41. The molecule has 0 spiro atoms. The number of pyridine rings is 1. The van der Waals surface area contributed by atoms with Crippen LogP contribution in [0.2, 0.25) is 0 Å². The second kappa shape index (κ2) is 16.3. The van der Waals surface area contributed by atoms with Gasteiger partial charge in [0, 0.05) is 62.3 Å². The van der Waals surface area contributed by atoms with Crippen LogP contribution in [0.1, 0.15) is 68.3 Å². The molecule has 3 aromatic heterocycles. The molecule has 6 aromatic rings. The number of nitrogens with zero attached hydrogens (tertiary/aromatic N) is 6. The summed E-state index contributed by atoms with van der Waals surface area (Å²) in [5.41, 5.74) is 4.62. The zero-order chi connectivity index (χ0) is 42.2. The highest BCUT2D eigenvalue weighted by atomic mass is 19.1. The van der Waals surface area contributed by atoms with Crippen LogP contribution < -0.4 is 20.5 Å². The van der Waals surface area contributed by atoms with Gasteiger partial charge in [0.05, 0.1) is 54.5 Å². The zero-order valence-corrected chi connectivity index (χ0v) is 34.1. The molecule has 12 nitrogen and oxygen atoms in total. The molecule has 2 amide bonds. The van der Waals surface area contributed by atoms with Gasteiger partial charge in [-0.25, -0.2) is 23.7 Å². The van der Waals surface area contributed by atoms with Crippen molar-refractivity contribution in [3.8, 4) is 28.4 Å². The van der Waals surface area contributed by atoms with Gasteiger partial charge < -0.3 is 34.7 Å². The monoisotopic (exact) mass is 814 g/mol. The van der Waals surface area contributed by atoms with E-state index in [1.807, 2.05) is 40.9 Å². The van der Waals surface area contributed by atoms with Crippen molar-refractivity contribution >= 4 is 35.0 Å². The number of quaternary nitrogens is 1. The Morgan fingerprint density at radius 1 is 0.883 bits per heavy atom. The molecule has 2 aliphatic heterocycles. The average molecular weight is 815 g/mol. The highest BCUT2D eigenvalue weighted by Gasteiger charge is 2.49. The number of halogens is 2. The van der Waals surface area contributed by atoms with Crippen molar-refractivity contribution in [3.63, 3.8) is 0 Å². The topological polar surface area (TPSA) is 137 Å². The number of carbonyl (C=O) groups is 2. The van der Waals surface area contributed by atoms with Crippen molar-refractivity contribution in [1.82, 2.24) is 24.3 Å². The van der Waals surface area contributed by atoms with E-state index in [2.05, 4.69) is 48.5 Å². The van der Waals surface area contributed by atoms with Crippen LogP contribution >= 0.6 is 0 Å². The Kier molecular flexibility index (Phi) is 11.0. The minimum Gasteiger partial charge on any atom is -0.530 e. The van der Waals surface area contributed by atoms with Gasteiger partial charge in [-0.05, 0) is 86.8 Å². The van der Waals surface area contributed by atoms with Crippen molar-refractivity contribution in [2.75, 3.05) is 43.9 Å². The first-order valence-corrected chi connectivity index (χ1v) is 20.3. The molecule has 0 saturated carbocycles. The molecule has 0 bridgehead atoms. The van der Waals surface area contributed by atoms with Crippen molar-refractivity contribution in [1.29, 1.82) is 0 Å². The van der Waals surface area contributed by atoms with E-state index in [4.69, 9.17) is 14.7 Å². The van der Waals surface area contributed by atoms with Crippen molar-refractivity contribution < 1.29 is 32.7 Å². The molecule has 2 N–H and O–H groups in total. The predicted molar refractivity (Wildman–Crippen MR) is 224 cm³/mol. The SMILES string of the molecule is COc1cc(C2CC[N+](C3CCN(C(=O)[O-])CC3)(C(C)(C)C)CC2)ccc1Nc1nccc(-c2c(-c3cccc(C(=O)Nc4c(F)cccc4F)c3)nc3ccccn23)n1. The molecule has 3 aromatic carbocycles. The third kappa shape index (κ3) is 7.74. The smallest absolute Gasteiger partial charge is 0.255 e. The van der Waals surface area contributed by atoms with Gasteiger partial charge in [-0.1, -0.05) is 30.3 Å². The third-order valence-electron chi connectivity index (χ3n) is 12.5. The number of likely N-dealkylation sites (tertiary alicyclic amines) is 2. The van der Waals surface area contributed by atoms with Gasteiger partial charge in [0.15, 0.2) is 0 Å². The maximum Gasteiger partial charge on any atom is 0.255 e. The molecular formula is C46H48F2N8O4. The van der Waals surface area contributed by atoms with Crippen molar-refractivity contribution in [3.05, 3.63) is 120 Å². The molecular weight excluding hydrogens is 767 g/mol. The van der Waals surface area contributed by atoms with Crippen molar-refractivity contribution in [2.24, 2.45) is 0 Å². The van der Waals surface area contributed by atoms with E-state index < -0.39 is 29.3 Å². The summed E-state index contributed by atoms with van der Waals surface area (Å²) in [6, 6.07) is 24.2. The average Bonchev–Trinajstić information content (AvgIpc) is 3.65. The normalized spacial score (nSPS) is 18.6. The van der Waals surface area contributed by atoms with E-state index in [0.29, 0.717) is 70.7 Å². The van der Waals surface area contributed by atoms with Crippen LogP contribution in [0.25, 0.3) is 28.3 Å². The molecule has 0 aliphatic carbocycles. The number of amides is 2. The summed E-state index contributed by atoms with van der Waals surface area (Å²) in [5, 5.41) is 17.2. The van der Waals surface area contributed by atoms with Crippen LogP contribution in [-0.2, 0) is 0 Å². The number of carboxylic acid groups (broad SMARTS) is 1. The van der Waals surface area contributed by atoms with Gasteiger partial charge in [0.2, 0.25) is 5.95 Å². The second-order valence-corrected chi connectivity index (χ2v) is 16.6. The van der Waals surface area contributed by atoms with Gasteiger partial charge in [-0.2, -0.15) is 0 Å². The summed E-state index contributed by atoms with van der Waals surface area (Å²) in [6.07, 6.45) is 6.18. The van der Waals surface area contributed by atoms with E-state index in [1.165, 1.54) is 16.5 Å². The summed E-state index contributed by atoms with van der Waals surface area (Å²) in [4.78, 5) is 40.5. The lowest BCUT2D eigenvalue weighted by Crippen LogP contribution is -2.69. The molecule has 0 atom stereocenters. The Morgan fingerprint density at radius 3 is 2.32 bits per heavy atom. The fourth-order valence-electron chi connectivity index (χ4n) is 9.28. The number of imidazole rings is 1. The number of aromatic nitrogens is 4. The van der Waals surface area contributed by atoms with E-state index >= 15 is 0 Å². The number of hydrogen-bond donors (Lipinski definition) is 2. The lowest BCUT2D eigenvalue weighted by molar-refractivity contribution is -0.997. The number of para-hydroxylation sites is 1. The minimum atomic E-state index is -1.08. The first-order chi connectivity index (χ1) is 28.8. The number of anilines is 3. The van der Waals surface area contributed by atoms with Gasteiger partial charge in [-0.15, -0.1) is 0 Å². The van der Waals surface area contributed by atoms with E-state index in [-0.39, 0.29) is 11.1 Å². The van der Waals surface area contributed by atoms with E-state index in [0.717, 1.165) is 55.4 Å². The summed E-state index contributed by atoms with van der Waals surface area (Å²) >= 11 is 0. The summed E-state index contributed by atoms with van der Waals surface area (Å²) in [7, 11) is 1.65. The highest BCUT2D eigenvalue weighted by Crippen LogP contribution is 2.43. The number of rotatable bonds is 9. The fraction of sp³-hybridized carbons (Fsp3) is 0.326. The van der Waals surface area contributed by atoms with Crippen molar-refractivity contribution in [2.45, 2.75) is 64.0 Å². The number of benzene rings is 3. The van der Waals surface area contributed by atoms with Crippen LogP contribution in [-0.4, -0.2) is 85.6 Å². The number of ether oxygens (including phenoxy) is 1. The van der Waals surface area contributed by atoms with Crippen LogP contribution in [0, 0.1) is 11.6 Å². The Morgan fingerprint density at radius 2 is 1.62 bits per heavy atom. The molecule has 2 aliphatic rings. The number of carbonyl (C=O) groups excluding carboxylic acids is 2. The van der Waals surface area contributed by atoms with Gasteiger partial charge in [0.25, 0.3) is 5.91 Å². The second-order valence-electron chi connectivity index (χ2n) is 16.6. The van der Waals surface area contributed by atoms with Crippen LogP contribution in [0.4, 0.5) is 30.9 Å². The Labute approximate surface area is 347 Å². The number of hydrogen-bond acceptors (Lipinski definition) is 8. The maximum atomic E-state index is 14.4. The molecule has 14 heteroatoms. The zero-order valence-electron chi connectivity index (χ0n) is 34.1. The van der Waals surface area contributed by atoms with Crippen LogP contribution in [0.5, 0.6) is 5.75 Å². The lowest BCUT2D eigenvalue weighted by Gasteiger charge is -2.58. The molecule has 8 rings (SSSR count). The van der Waals surface area contributed by atoms with E-state index in [1.54, 1.807) is 37.6 Å².